The Balaban J connectivity index is 1.05. The van der Waals surface area contributed by atoms with E-state index in [4.69, 9.17) is 30.8 Å². The van der Waals surface area contributed by atoms with E-state index in [1.54, 1.807) is 0 Å². The molecule has 0 spiro atoms. The van der Waals surface area contributed by atoms with Crippen LogP contribution in [-0.4, -0.2) is 94.4 Å². The van der Waals surface area contributed by atoms with E-state index in [1.807, 2.05) is 49.9 Å². The van der Waals surface area contributed by atoms with Crippen LogP contribution in [0.5, 0.6) is 11.5 Å². The number of ether oxygens (including phenoxy) is 3. The summed E-state index contributed by atoms with van der Waals surface area (Å²) in [6, 6.07) is 14.5. The molecule has 3 saturated heterocycles. The third-order valence-electron chi connectivity index (χ3n) is 11.1. The molecule has 0 saturated carbocycles. The zero-order valence-corrected chi connectivity index (χ0v) is 32.8. The Labute approximate surface area is 316 Å². The summed E-state index contributed by atoms with van der Waals surface area (Å²) >= 11 is 6.13. The van der Waals surface area contributed by atoms with Gasteiger partial charge in [0.1, 0.15) is 35.0 Å². The number of aromatic nitrogens is 2. The van der Waals surface area contributed by atoms with Gasteiger partial charge >= 0.3 is 6.09 Å². The Hall–Kier alpha value is -3.01. The second kappa shape index (κ2) is 18.8. The number of para-hydroxylation sites is 1. The number of carbonyl (C=O) groups is 1. The molecule has 0 bridgehead atoms. The summed E-state index contributed by atoms with van der Waals surface area (Å²) < 4.78 is 20.6. The van der Waals surface area contributed by atoms with Gasteiger partial charge in [-0.25, -0.2) is 9.78 Å². The minimum absolute atomic E-state index is 0.196. The molecule has 0 aliphatic carbocycles. The highest BCUT2D eigenvalue weighted by Crippen LogP contribution is 2.30. The molecule has 3 fully saturated rings. The molecule has 3 aliphatic heterocycles. The number of rotatable bonds is 15. The van der Waals surface area contributed by atoms with Crippen molar-refractivity contribution < 1.29 is 19.0 Å². The maximum atomic E-state index is 12.6. The molecule has 9 nitrogen and oxygen atoms in total. The van der Waals surface area contributed by atoms with Crippen molar-refractivity contribution in [2.24, 2.45) is 5.92 Å². The highest BCUT2D eigenvalue weighted by atomic mass is 35.5. The Morgan fingerprint density at radius 2 is 1.60 bits per heavy atom. The molecule has 6 rings (SSSR count). The van der Waals surface area contributed by atoms with Crippen LogP contribution >= 0.6 is 11.6 Å². The monoisotopic (exact) mass is 735 g/mol. The number of aryl methyl sites for hydroxylation is 1. The second-order valence-electron chi connectivity index (χ2n) is 16.2. The lowest BCUT2D eigenvalue weighted by atomic mass is 9.92. The summed E-state index contributed by atoms with van der Waals surface area (Å²) in [5.74, 6) is 3.10. The molecule has 1 aromatic heterocycles. The fourth-order valence-electron chi connectivity index (χ4n) is 8.24. The lowest BCUT2D eigenvalue weighted by Gasteiger charge is -2.37. The van der Waals surface area contributed by atoms with Crippen LogP contribution in [0, 0.1) is 5.92 Å². The van der Waals surface area contributed by atoms with E-state index in [0.29, 0.717) is 30.2 Å². The first-order valence-corrected chi connectivity index (χ1v) is 20.5. The van der Waals surface area contributed by atoms with Gasteiger partial charge in [-0.05, 0) is 153 Å². The topological polar surface area (TPSA) is 72.3 Å². The second-order valence-corrected chi connectivity index (χ2v) is 16.6. The Morgan fingerprint density at radius 3 is 2.37 bits per heavy atom. The number of nitrogens with zero attached hydrogens (tertiary/aromatic N) is 5. The third-order valence-corrected chi connectivity index (χ3v) is 11.3. The van der Waals surface area contributed by atoms with Crippen LogP contribution in [-0.2, 0) is 17.9 Å². The van der Waals surface area contributed by atoms with E-state index in [1.165, 1.54) is 71.1 Å². The molecule has 286 valence electrons. The van der Waals surface area contributed by atoms with Gasteiger partial charge in [0, 0.05) is 37.2 Å². The molecule has 1 atom stereocenters. The van der Waals surface area contributed by atoms with Crippen LogP contribution in [0.3, 0.4) is 0 Å². The van der Waals surface area contributed by atoms with E-state index in [9.17, 15) is 4.79 Å². The first kappa shape index (κ1) is 38.7. The average Bonchev–Trinajstić information content (AvgIpc) is 3.50. The molecule has 4 heterocycles. The number of hydrogen-bond donors (Lipinski definition) is 0. The smallest absolute Gasteiger partial charge is 0.410 e. The van der Waals surface area contributed by atoms with Gasteiger partial charge in [-0.1, -0.05) is 30.5 Å². The molecule has 0 N–H and O–H groups in total. The van der Waals surface area contributed by atoms with Gasteiger partial charge in [0.25, 0.3) is 0 Å². The van der Waals surface area contributed by atoms with Crippen molar-refractivity contribution in [3.05, 3.63) is 53.3 Å². The SMILES string of the molecule is CC(C)(C)OC(=O)N1CCC(CCCn2c(COc3ccc(Cl)cc3)nc3c(OCCCN4CCCCC4CCN4CCCCC4)cccc32)CC1. The van der Waals surface area contributed by atoms with Gasteiger partial charge < -0.3 is 33.5 Å². The predicted molar refractivity (Wildman–Crippen MR) is 210 cm³/mol. The van der Waals surface area contributed by atoms with E-state index >= 15 is 0 Å². The molecule has 10 heteroatoms. The summed E-state index contributed by atoms with van der Waals surface area (Å²) in [6.45, 7) is 15.3. The molecule has 1 amide bonds. The van der Waals surface area contributed by atoms with Crippen molar-refractivity contribution in [1.82, 2.24) is 24.3 Å². The van der Waals surface area contributed by atoms with Crippen molar-refractivity contribution in [3.63, 3.8) is 0 Å². The Kier molecular flexibility index (Phi) is 14.0. The van der Waals surface area contributed by atoms with E-state index in [2.05, 4.69) is 32.6 Å². The first-order valence-electron chi connectivity index (χ1n) is 20.2. The van der Waals surface area contributed by atoms with E-state index in [0.717, 1.165) is 86.6 Å². The fraction of sp³-hybridized carbons (Fsp3) is 0.667. The lowest BCUT2D eigenvalue weighted by Crippen LogP contribution is -2.43. The number of amides is 1. The highest BCUT2D eigenvalue weighted by molar-refractivity contribution is 6.30. The highest BCUT2D eigenvalue weighted by Gasteiger charge is 2.27. The average molecular weight is 736 g/mol. The summed E-state index contributed by atoms with van der Waals surface area (Å²) in [6.07, 6.45) is 14.4. The van der Waals surface area contributed by atoms with Crippen LogP contribution in [0.15, 0.2) is 42.5 Å². The number of likely N-dealkylation sites (tertiary alicyclic amines) is 3. The Morgan fingerprint density at radius 1 is 0.827 bits per heavy atom. The number of carbonyl (C=O) groups excluding carboxylic acids is 1. The molecule has 0 radical (unpaired) electrons. The summed E-state index contributed by atoms with van der Waals surface area (Å²) in [4.78, 5) is 25.0. The minimum atomic E-state index is -0.468. The number of halogens is 1. The van der Waals surface area contributed by atoms with Crippen LogP contribution in [0.1, 0.15) is 104 Å². The van der Waals surface area contributed by atoms with Gasteiger partial charge in [0.15, 0.2) is 0 Å². The maximum Gasteiger partial charge on any atom is 0.410 e. The predicted octanol–water partition coefficient (Wildman–Crippen LogP) is 9.20. The zero-order valence-electron chi connectivity index (χ0n) is 32.0. The number of fused-ring (bicyclic) bond motifs is 1. The fourth-order valence-corrected chi connectivity index (χ4v) is 8.36. The quantitative estimate of drug-likeness (QED) is 0.144. The number of imidazole rings is 1. The summed E-state index contributed by atoms with van der Waals surface area (Å²) in [5, 5.41) is 0.687. The maximum absolute atomic E-state index is 12.6. The molecule has 1 unspecified atom stereocenters. The molecular weight excluding hydrogens is 674 g/mol. The largest absolute Gasteiger partial charge is 0.491 e. The van der Waals surface area contributed by atoms with Gasteiger partial charge in [0.2, 0.25) is 0 Å². The van der Waals surface area contributed by atoms with Crippen LogP contribution in [0.2, 0.25) is 5.02 Å². The molecule has 3 aliphatic rings. The Bertz CT molecular complexity index is 1540. The lowest BCUT2D eigenvalue weighted by molar-refractivity contribution is 0.0180. The van der Waals surface area contributed by atoms with Gasteiger partial charge in [-0.15, -0.1) is 0 Å². The van der Waals surface area contributed by atoms with Gasteiger partial charge in [-0.2, -0.15) is 0 Å². The van der Waals surface area contributed by atoms with Crippen molar-refractivity contribution in [2.75, 3.05) is 52.4 Å². The first-order chi connectivity index (χ1) is 25.2. The number of hydrogen-bond acceptors (Lipinski definition) is 7. The summed E-state index contributed by atoms with van der Waals surface area (Å²) in [5.41, 5.74) is 1.52. The molecule has 3 aromatic rings. The van der Waals surface area contributed by atoms with Crippen LogP contribution < -0.4 is 9.47 Å². The van der Waals surface area contributed by atoms with Crippen LogP contribution in [0.4, 0.5) is 4.79 Å². The van der Waals surface area contributed by atoms with E-state index in [-0.39, 0.29) is 6.09 Å². The standard InChI is InChI=1S/C42H62ClN5O4/c1-42(2,3)52-41(49)47-29-20-33(21-30-47)12-10-27-48-37-14-9-15-38(40(37)44-39(48)32-51-36-18-16-34(43)17-19-36)50-31-11-26-46-25-8-5-13-35(46)22-28-45-23-6-4-7-24-45/h9,14-19,33,35H,4-8,10-13,20-32H2,1-3H3. The molecular formula is C42H62ClN5O4. The van der Waals surface area contributed by atoms with Crippen molar-refractivity contribution in [2.45, 2.75) is 123 Å². The normalized spacial score (nSPS) is 19.6. The number of piperidine rings is 3. The zero-order chi connectivity index (χ0) is 36.3. The van der Waals surface area contributed by atoms with Crippen molar-refractivity contribution in [1.29, 1.82) is 0 Å². The van der Waals surface area contributed by atoms with Crippen molar-refractivity contribution >= 4 is 28.7 Å². The third kappa shape index (κ3) is 11.3. The van der Waals surface area contributed by atoms with Gasteiger partial charge in [-0.3, -0.25) is 0 Å². The van der Waals surface area contributed by atoms with E-state index < -0.39 is 5.60 Å². The number of benzene rings is 2. The van der Waals surface area contributed by atoms with Crippen LogP contribution in [0.25, 0.3) is 11.0 Å². The van der Waals surface area contributed by atoms with Crippen molar-refractivity contribution in [3.8, 4) is 11.5 Å². The van der Waals surface area contributed by atoms with Gasteiger partial charge in [0.05, 0.1) is 12.1 Å². The molecule has 2 aromatic carbocycles. The minimum Gasteiger partial charge on any atom is -0.491 e. The molecule has 52 heavy (non-hydrogen) atoms. The summed E-state index contributed by atoms with van der Waals surface area (Å²) in [7, 11) is 0.